The molecule has 1 N–H and O–H groups in total. The Morgan fingerprint density at radius 1 is 1.50 bits per heavy atom. The molecule has 0 bridgehead atoms. The molecule has 0 amide bonds. The van der Waals surface area contributed by atoms with Gasteiger partial charge >= 0.3 is 0 Å². The standard InChI is InChI=1S/C9H16O5/c1-9(2)13-5-4-12-8(11-3)6(10)7(5)14-9/h5-8,10H,4H2,1-3H3/t5-,6+,7-,8-/m1/s1/i5D,6D,7D. The summed E-state index contributed by atoms with van der Waals surface area (Å²) < 4.78 is 44.3. The van der Waals surface area contributed by atoms with E-state index in [0.717, 1.165) is 0 Å². The molecule has 0 unspecified atom stereocenters. The molecule has 2 fully saturated rings. The smallest absolute Gasteiger partial charge is 0.185 e. The molecule has 5 nitrogen and oxygen atoms in total. The van der Waals surface area contributed by atoms with Crippen molar-refractivity contribution in [3.63, 3.8) is 0 Å². The number of methoxy groups -OCH3 is 1. The summed E-state index contributed by atoms with van der Waals surface area (Å²) in [6.45, 7) is 2.70. The van der Waals surface area contributed by atoms with Crippen molar-refractivity contribution in [2.24, 2.45) is 0 Å². The first kappa shape index (κ1) is 7.14. The molecule has 0 saturated carbocycles. The summed E-state index contributed by atoms with van der Waals surface area (Å²) >= 11 is 0. The molecular formula is C9H16O5. The van der Waals surface area contributed by atoms with E-state index < -0.39 is 30.3 Å². The van der Waals surface area contributed by atoms with Gasteiger partial charge < -0.3 is 24.1 Å². The van der Waals surface area contributed by atoms with Crippen molar-refractivity contribution in [3.8, 4) is 0 Å². The fourth-order valence-electron chi connectivity index (χ4n) is 1.47. The van der Waals surface area contributed by atoms with Gasteiger partial charge in [0.2, 0.25) is 0 Å². The second-order valence-corrected chi connectivity index (χ2v) is 3.62. The van der Waals surface area contributed by atoms with Crippen LogP contribution >= 0.6 is 0 Å². The van der Waals surface area contributed by atoms with Crippen LogP contribution in [-0.2, 0) is 18.9 Å². The first-order valence-electron chi connectivity index (χ1n) is 5.85. The van der Waals surface area contributed by atoms with Crippen LogP contribution in [0.25, 0.3) is 0 Å². The number of rotatable bonds is 1. The summed E-state index contributed by atoms with van der Waals surface area (Å²) in [7, 11) is 1.24. The van der Waals surface area contributed by atoms with Crippen LogP contribution in [-0.4, -0.2) is 49.1 Å². The lowest BCUT2D eigenvalue weighted by atomic mass is 10.1. The van der Waals surface area contributed by atoms with E-state index in [2.05, 4.69) is 0 Å². The molecule has 0 aromatic rings. The maximum absolute atomic E-state index is 10.1. The lowest BCUT2D eigenvalue weighted by Gasteiger charge is -2.33. The van der Waals surface area contributed by atoms with Gasteiger partial charge in [0.1, 0.15) is 18.2 Å². The van der Waals surface area contributed by atoms with Gasteiger partial charge in [-0.3, -0.25) is 0 Å². The Balaban J connectivity index is 2.45. The van der Waals surface area contributed by atoms with Crippen LogP contribution in [0.15, 0.2) is 0 Å². The van der Waals surface area contributed by atoms with Gasteiger partial charge in [0.05, 0.1) is 10.7 Å². The minimum atomic E-state index is -2.56. The Hall–Kier alpha value is -0.200. The third kappa shape index (κ3) is 1.66. The zero-order valence-corrected chi connectivity index (χ0v) is 8.36. The summed E-state index contributed by atoms with van der Waals surface area (Å²) in [6, 6.07) is 0. The molecule has 14 heavy (non-hydrogen) atoms. The van der Waals surface area contributed by atoms with Gasteiger partial charge in [-0.05, 0) is 13.8 Å². The zero-order valence-electron chi connectivity index (χ0n) is 11.4. The van der Waals surface area contributed by atoms with Gasteiger partial charge in [-0.25, -0.2) is 0 Å². The summed E-state index contributed by atoms with van der Waals surface area (Å²) in [6.07, 6.45) is -8.20. The number of hydrogen-bond acceptors (Lipinski definition) is 5. The first-order valence-corrected chi connectivity index (χ1v) is 4.35. The molecule has 2 saturated heterocycles. The summed E-state index contributed by atoms with van der Waals surface area (Å²) in [5, 5.41) is 10.1. The Bertz CT molecular complexity index is 337. The van der Waals surface area contributed by atoms with Gasteiger partial charge in [-0.1, -0.05) is 0 Å². The van der Waals surface area contributed by atoms with Crippen LogP contribution in [0, 0.1) is 0 Å². The SMILES string of the molecule is [2H][C@@]12OC(C)(C)O[C@]1([2H])CO[C@@H](OC)[C@@]2([2H])O. The highest BCUT2D eigenvalue weighted by atomic mass is 16.8. The van der Waals surface area contributed by atoms with Gasteiger partial charge in [0.25, 0.3) is 0 Å². The first-order chi connectivity index (χ1) is 7.58. The molecule has 0 aromatic carbocycles. The average molecular weight is 207 g/mol. The van der Waals surface area contributed by atoms with E-state index in [4.69, 9.17) is 23.1 Å². The molecule has 2 heterocycles. The second kappa shape index (κ2) is 3.43. The number of aliphatic hydroxyl groups is 1. The molecule has 5 heteroatoms. The Morgan fingerprint density at radius 2 is 2.21 bits per heavy atom. The van der Waals surface area contributed by atoms with Crippen LogP contribution in [0.2, 0.25) is 0 Å². The normalized spacial score (nSPS) is 65.1. The van der Waals surface area contributed by atoms with Crippen LogP contribution in [0.5, 0.6) is 0 Å². The van der Waals surface area contributed by atoms with Crippen molar-refractivity contribution >= 4 is 0 Å². The summed E-state index contributed by atoms with van der Waals surface area (Å²) in [5.41, 5.74) is 0. The van der Waals surface area contributed by atoms with E-state index in [-0.39, 0.29) is 6.61 Å². The van der Waals surface area contributed by atoms with Crippen LogP contribution < -0.4 is 0 Å². The zero-order chi connectivity index (χ0) is 13.1. The average Bonchev–Trinajstić information content (AvgIpc) is 2.33. The summed E-state index contributed by atoms with van der Waals surface area (Å²) in [5.74, 6) is -1.25. The van der Waals surface area contributed by atoms with Crippen molar-refractivity contribution in [2.75, 3.05) is 13.7 Å². The Morgan fingerprint density at radius 3 is 2.86 bits per heavy atom. The van der Waals surface area contributed by atoms with Crippen molar-refractivity contribution in [3.05, 3.63) is 0 Å². The predicted octanol–water partition coefficient (Wildman–Crippen LogP) is -0.130. The summed E-state index contributed by atoms with van der Waals surface area (Å²) in [4.78, 5) is 0. The topological polar surface area (TPSA) is 57.2 Å². The predicted molar refractivity (Wildman–Crippen MR) is 46.6 cm³/mol. The van der Waals surface area contributed by atoms with E-state index in [1.165, 1.54) is 21.0 Å². The molecule has 0 radical (unpaired) electrons. The lowest BCUT2D eigenvalue weighted by Crippen LogP contribution is -2.52. The van der Waals surface area contributed by atoms with Gasteiger partial charge in [-0.15, -0.1) is 0 Å². The molecule has 0 spiro atoms. The highest BCUT2D eigenvalue weighted by Crippen LogP contribution is 2.34. The van der Waals surface area contributed by atoms with Gasteiger partial charge in [0, 0.05) is 7.11 Å². The van der Waals surface area contributed by atoms with E-state index in [1.807, 2.05) is 0 Å². The largest absolute Gasteiger partial charge is 0.385 e. The van der Waals surface area contributed by atoms with Crippen molar-refractivity contribution in [1.29, 1.82) is 0 Å². The molecule has 0 aliphatic carbocycles. The second-order valence-electron chi connectivity index (χ2n) is 3.62. The molecule has 0 aromatic heterocycles. The maximum atomic E-state index is 10.1. The minimum absolute atomic E-state index is 0.320. The molecule has 2 aliphatic rings. The van der Waals surface area contributed by atoms with E-state index >= 15 is 0 Å². The van der Waals surface area contributed by atoms with Crippen LogP contribution in [0.3, 0.4) is 0 Å². The fourth-order valence-corrected chi connectivity index (χ4v) is 1.47. The third-order valence-corrected chi connectivity index (χ3v) is 2.01. The molecule has 82 valence electrons. The van der Waals surface area contributed by atoms with E-state index in [0.29, 0.717) is 0 Å². The van der Waals surface area contributed by atoms with Crippen LogP contribution in [0.1, 0.15) is 18.0 Å². The maximum Gasteiger partial charge on any atom is 0.185 e. The Kier molecular flexibility index (Phi) is 1.75. The third-order valence-electron chi connectivity index (χ3n) is 2.01. The van der Waals surface area contributed by atoms with Crippen LogP contribution in [0.4, 0.5) is 0 Å². The molecule has 4 atom stereocenters. The van der Waals surface area contributed by atoms with Crippen molar-refractivity contribution < 1.29 is 28.2 Å². The van der Waals surface area contributed by atoms with Crippen molar-refractivity contribution in [1.82, 2.24) is 0 Å². The molecular weight excluding hydrogens is 188 g/mol. The lowest BCUT2D eigenvalue weighted by molar-refractivity contribution is -0.241. The molecule has 2 rings (SSSR count). The number of ether oxygens (including phenoxy) is 4. The van der Waals surface area contributed by atoms with E-state index in [1.54, 1.807) is 0 Å². The highest BCUT2D eigenvalue weighted by Gasteiger charge is 2.50. The number of fused-ring (bicyclic) bond motifs is 1. The Labute approximate surface area is 87.1 Å². The number of hydrogen-bond donors (Lipinski definition) is 1. The monoisotopic (exact) mass is 207 g/mol. The quantitative estimate of drug-likeness (QED) is 0.649. The highest BCUT2D eigenvalue weighted by molar-refractivity contribution is 4.91. The van der Waals surface area contributed by atoms with E-state index in [9.17, 15) is 5.11 Å². The van der Waals surface area contributed by atoms with Gasteiger partial charge in [-0.2, -0.15) is 0 Å². The fraction of sp³-hybridized carbons (Fsp3) is 1.00. The van der Waals surface area contributed by atoms with Crippen molar-refractivity contribution in [2.45, 2.75) is 44.2 Å². The van der Waals surface area contributed by atoms with Gasteiger partial charge in [0.15, 0.2) is 12.1 Å². The molecule has 2 aliphatic heterocycles. The minimum Gasteiger partial charge on any atom is -0.385 e.